The predicted octanol–water partition coefficient (Wildman–Crippen LogP) is 5.76. The molecule has 0 aliphatic heterocycles. The summed E-state index contributed by atoms with van der Waals surface area (Å²) in [6.07, 6.45) is 0.766. The highest BCUT2D eigenvalue weighted by molar-refractivity contribution is 14.1. The number of rotatable bonds is 5. The summed E-state index contributed by atoms with van der Waals surface area (Å²) in [6, 6.07) is 13.6. The van der Waals surface area contributed by atoms with E-state index in [1.165, 1.54) is 0 Å². The molecule has 0 radical (unpaired) electrons. The Hall–Kier alpha value is -0.720. The van der Waals surface area contributed by atoms with E-state index in [0.29, 0.717) is 5.02 Å². The van der Waals surface area contributed by atoms with Crippen LogP contribution in [0.4, 0.5) is 5.69 Å². The van der Waals surface area contributed by atoms with Crippen molar-refractivity contribution in [3.63, 3.8) is 0 Å². The van der Waals surface area contributed by atoms with E-state index in [4.69, 9.17) is 11.6 Å². The zero-order valence-electron chi connectivity index (χ0n) is 12.4. The number of anilines is 1. The first kappa shape index (κ1) is 17.6. The van der Waals surface area contributed by atoms with Crippen LogP contribution in [0.2, 0.25) is 5.02 Å². The van der Waals surface area contributed by atoms with Gasteiger partial charge in [0.05, 0.1) is 5.25 Å². The van der Waals surface area contributed by atoms with Crippen molar-refractivity contribution >= 4 is 57.5 Å². The van der Waals surface area contributed by atoms with Crippen LogP contribution in [-0.4, -0.2) is 11.2 Å². The lowest BCUT2D eigenvalue weighted by molar-refractivity contribution is -0.115. The zero-order chi connectivity index (χ0) is 16.1. The fourth-order valence-corrected chi connectivity index (χ4v) is 3.71. The number of halogens is 2. The molecule has 2 aromatic carbocycles. The second-order valence-electron chi connectivity index (χ2n) is 4.92. The Morgan fingerprint density at radius 1 is 1.27 bits per heavy atom. The van der Waals surface area contributed by atoms with Gasteiger partial charge in [-0.15, -0.1) is 11.8 Å². The highest BCUT2D eigenvalue weighted by Crippen LogP contribution is 2.28. The molecule has 0 saturated heterocycles. The van der Waals surface area contributed by atoms with E-state index < -0.39 is 0 Å². The Balaban J connectivity index is 2.06. The monoisotopic (exact) mass is 445 g/mol. The van der Waals surface area contributed by atoms with E-state index >= 15 is 0 Å². The number of benzene rings is 2. The molecule has 0 heterocycles. The molecule has 1 N–H and O–H groups in total. The van der Waals surface area contributed by atoms with Crippen LogP contribution in [0.25, 0.3) is 0 Å². The van der Waals surface area contributed by atoms with Crippen LogP contribution in [0, 0.1) is 10.5 Å². The first-order valence-corrected chi connectivity index (χ1v) is 9.32. The van der Waals surface area contributed by atoms with E-state index in [9.17, 15) is 4.79 Å². The molecule has 116 valence electrons. The maximum atomic E-state index is 12.5. The van der Waals surface area contributed by atoms with Crippen molar-refractivity contribution in [1.82, 2.24) is 0 Å². The number of hydrogen-bond donors (Lipinski definition) is 1. The van der Waals surface area contributed by atoms with Gasteiger partial charge in [-0.25, -0.2) is 0 Å². The summed E-state index contributed by atoms with van der Waals surface area (Å²) in [5.74, 6) is 0.0340. The van der Waals surface area contributed by atoms with Crippen LogP contribution in [-0.2, 0) is 4.79 Å². The minimum absolute atomic E-state index is 0.0340. The Kier molecular flexibility index (Phi) is 6.59. The van der Waals surface area contributed by atoms with Crippen molar-refractivity contribution < 1.29 is 4.79 Å². The van der Waals surface area contributed by atoms with Gasteiger partial charge in [-0.3, -0.25) is 4.79 Å². The normalized spacial score (nSPS) is 12.0. The lowest BCUT2D eigenvalue weighted by Gasteiger charge is -2.16. The van der Waals surface area contributed by atoms with Crippen LogP contribution >= 0.6 is 46.0 Å². The minimum atomic E-state index is -0.125. The number of aryl methyl sites for hydroxylation is 1. The van der Waals surface area contributed by atoms with Gasteiger partial charge in [-0.05, 0) is 84.0 Å². The third-order valence-corrected chi connectivity index (χ3v) is 5.50. The maximum absolute atomic E-state index is 12.5. The van der Waals surface area contributed by atoms with Crippen molar-refractivity contribution in [2.24, 2.45) is 0 Å². The van der Waals surface area contributed by atoms with Crippen molar-refractivity contribution in [3.05, 3.63) is 56.6 Å². The topological polar surface area (TPSA) is 29.1 Å². The third kappa shape index (κ3) is 4.89. The van der Waals surface area contributed by atoms with Crippen LogP contribution in [0.1, 0.15) is 18.9 Å². The third-order valence-electron chi connectivity index (χ3n) is 3.20. The lowest BCUT2D eigenvalue weighted by Crippen LogP contribution is -2.24. The SMILES string of the molecule is CC[C@@H](Sc1ccc(Cl)cc1)C(=O)Nc1ccc(I)cc1C. The van der Waals surface area contributed by atoms with Crippen molar-refractivity contribution in [3.8, 4) is 0 Å². The Morgan fingerprint density at radius 2 is 1.95 bits per heavy atom. The maximum Gasteiger partial charge on any atom is 0.237 e. The van der Waals surface area contributed by atoms with Gasteiger partial charge < -0.3 is 5.32 Å². The highest BCUT2D eigenvalue weighted by atomic mass is 127. The Labute approximate surface area is 154 Å². The summed E-state index contributed by atoms with van der Waals surface area (Å²) < 4.78 is 1.16. The fraction of sp³-hybridized carbons (Fsp3) is 0.235. The molecule has 0 aliphatic rings. The molecule has 2 nitrogen and oxygen atoms in total. The van der Waals surface area contributed by atoms with Gasteiger partial charge in [0.1, 0.15) is 0 Å². The summed E-state index contributed by atoms with van der Waals surface area (Å²) in [6.45, 7) is 4.03. The summed E-state index contributed by atoms with van der Waals surface area (Å²) in [5, 5.41) is 3.61. The molecule has 0 aromatic heterocycles. The first-order chi connectivity index (χ1) is 10.5. The van der Waals surface area contributed by atoms with Gasteiger partial charge in [-0.1, -0.05) is 18.5 Å². The quantitative estimate of drug-likeness (QED) is 0.468. The number of amides is 1. The van der Waals surface area contributed by atoms with Crippen LogP contribution in [0.15, 0.2) is 47.4 Å². The number of nitrogens with one attached hydrogen (secondary N) is 1. The molecule has 0 spiro atoms. The molecule has 0 fully saturated rings. The molecular weight excluding hydrogens is 429 g/mol. The van der Waals surface area contributed by atoms with Gasteiger partial charge in [-0.2, -0.15) is 0 Å². The van der Waals surface area contributed by atoms with Crippen LogP contribution in [0.3, 0.4) is 0 Å². The summed E-state index contributed by atoms with van der Waals surface area (Å²) in [7, 11) is 0. The van der Waals surface area contributed by atoms with Gasteiger partial charge >= 0.3 is 0 Å². The molecule has 1 amide bonds. The predicted molar refractivity (Wildman–Crippen MR) is 104 cm³/mol. The number of carbonyl (C=O) groups excluding carboxylic acids is 1. The molecule has 5 heteroatoms. The van der Waals surface area contributed by atoms with Gasteiger partial charge in [0, 0.05) is 19.2 Å². The molecule has 0 aliphatic carbocycles. The van der Waals surface area contributed by atoms with Gasteiger partial charge in [0.2, 0.25) is 5.91 Å². The summed E-state index contributed by atoms with van der Waals surface area (Å²) >= 11 is 9.72. The second-order valence-corrected chi connectivity index (χ2v) is 7.88. The average molecular weight is 446 g/mol. The average Bonchev–Trinajstić information content (AvgIpc) is 2.49. The van der Waals surface area contributed by atoms with E-state index in [2.05, 4.69) is 34.0 Å². The molecular formula is C17H17ClINOS. The van der Waals surface area contributed by atoms with Crippen LogP contribution < -0.4 is 5.32 Å². The summed E-state index contributed by atoms with van der Waals surface area (Å²) in [4.78, 5) is 13.5. The first-order valence-electron chi connectivity index (χ1n) is 6.99. The molecule has 22 heavy (non-hydrogen) atoms. The number of hydrogen-bond acceptors (Lipinski definition) is 2. The standard InChI is InChI=1S/C17H17ClINOS/c1-3-16(22-14-7-4-12(18)5-8-14)17(21)20-15-9-6-13(19)10-11(15)2/h4-10,16H,3H2,1-2H3,(H,20,21)/t16-/m1/s1. The van der Waals surface area contributed by atoms with Crippen molar-refractivity contribution in [1.29, 1.82) is 0 Å². The second kappa shape index (κ2) is 8.22. The van der Waals surface area contributed by atoms with Gasteiger partial charge in [0.25, 0.3) is 0 Å². The van der Waals surface area contributed by atoms with E-state index in [-0.39, 0.29) is 11.2 Å². The Bertz CT molecular complexity index is 660. The lowest BCUT2D eigenvalue weighted by atomic mass is 10.2. The molecule has 0 saturated carbocycles. The van der Waals surface area contributed by atoms with Gasteiger partial charge in [0.15, 0.2) is 0 Å². The smallest absolute Gasteiger partial charge is 0.237 e. The summed E-state index contributed by atoms with van der Waals surface area (Å²) in [5.41, 5.74) is 1.95. The number of carbonyl (C=O) groups is 1. The zero-order valence-corrected chi connectivity index (χ0v) is 16.1. The molecule has 2 rings (SSSR count). The minimum Gasteiger partial charge on any atom is -0.325 e. The molecule has 1 atom stereocenters. The molecule has 0 unspecified atom stereocenters. The molecule has 2 aromatic rings. The van der Waals surface area contributed by atoms with E-state index in [1.807, 2.05) is 50.2 Å². The largest absolute Gasteiger partial charge is 0.325 e. The van der Waals surface area contributed by atoms with E-state index in [1.54, 1.807) is 11.8 Å². The van der Waals surface area contributed by atoms with Crippen LogP contribution in [0.5, 0.6) is 0 Å². The number of thioether (sulfide) groups is 1. The highest BCUT2D eigenvalue weighted by Gasteiger charge is 2.18. The van der Waals surface area contributed by atoms with E-state index in [0.717, 1.165) is 26.1 Å². The Morgan fingerprint density at radius 3 is 2.55 bits per heavy atom. The van der Waals surface area contributed by atoms with Crippen molar-refractivity contribution in [2.45, 2.75) is 30.4 Å². The molecule has 0 bridgehead atoms. The fourth-order valence-electron chi connectivity index (χ4n) is 1.98. The van der Waals surface area contributed by atoms with Crippen molar-refractivity contribution in [2.75, 3.05) is 5.32 Å².